The van der Waals surface area contributed by atoms with Crippen LogP contribution in [0.1, 0.15) is 17.4 Å². The summed E-state index contributed by atoms with van der Waals surface area (Å²) in [6, 6.07) is 12.2. The first-order chi connectivity index (χ1) is 15.0. The van der Waals surface area contributed by atoms with Crippen molar-refractivity contribution >= 4 is 17.1 Å². The van der Waals surface area contributed by atoms with Crippen LogP contribution in [0.5, 0.6) is 17.2 Å². The predicted molar refractivity (Wildman–Crippen MR) is 111 cm³/mol. The van der Waals surface area contributed by atoms with Gasteiger partial charge in [0.15, 0.2) is 28.7 Å². The molecule has 2 aromatic carbocycles. The average molecular weight is 419 g/mol. The van der Waals surface area contributed by atoms with E-state index in [0.717, 1.165) is 0 Å². The van der Waals surface area contributed by atoms with Crippen molar-refractivity contribution in [3.8, 4) is 34.3 Å². The van der Waals surface area contributed by atoms with Gasteiger partial charge in [-0.25, -0.2) is 19.3 Å². The molecule has 31 heavy (non-hydrogen) atoms. The van der Waals surface area contributed by atoms with Crippen molar-refractivity contribution in [3.63, 3.8) is 0 Å². The van der Waals surface area contributed by atoms with Gasteiger partial charge >= 0.3 is 5.69 Å². The molecule has 0 bridgehead atoms. The molecular formula is C21H17N5O5. The van der Waals surface area contributed by atoms with E-state index < -0.39 is 11.6 Å². The molecule has 156 valence electrons. The van der Waals surface area contributed by atoms with Crippen molar-refractivity contribution in [3.05, 3.63) is 58.6 Å². The van der Waals surface area contributed by atoms with Gasteiger partial charge in [0.25, 0.3) is 5.91 Å². The Kier molecular flexibility index (Phi) is 4.32. The number of nitrogens with zero attached hydrogens (tertiary/aromatic N) is 3. The van der Waals surface area contributed by atoms with Gasteiger partial charge in [-0.3, -0.25) is 4.79 Å². The maximum atomic E-state index is 12.8. The molecule has 0 saturated heterocycles. The van der Waals surface area contributed by atoms with Crippen LogP contribution >= 0.6 is 0 Å². The molecule has 3 N–H and O–H groups in total. The summed E-state index contributed by atoms with van der Waals surface area (Å²) in [5, 5.41) is 0. The normalized spacial score (nSPS) is 12.3. The summed E-state index contributed by atoms with van der Waals surface area (Å²) in [5.41, 5.74) is 6.48. The quantitative estimate of drug-likeness (QED) is 0.505. The number of nitrogens with two attached hydrogens (primary N) is 1. The summed E-state index contributed by atoms with van der Waals surface area (Å²) in [7, 11) is 0. The zero-order valence-electron chi connectivity index (χ0n) is 16.4. The van der Waals surface area contributed by atoms with Crippen LogP contribution in [0.3, 0.4) is 0 Å². The van der Waals surface area contributed by atoms with E-state index in [-0.39, 0.29) is 29.5 Å². The first-order valence-corrected chi connectivity index (χ1v) is 9.51. The van der Waals surface area contributed by atoms with E-state index in [0.29, 0.717) is 35.1 Å². The fraction of sp³-hybridized carbons (Fsp3) is 0.143. The van der Waals surface area contributed by atoms with Crippen LogP contribution in [-0.2, 0) is 0 Å². The lowest BCUT2D eigenvalue weighted by molar-refractivity contribution is 0.0997. The number of aromatic amines is 1. The third-order valence-electron chi connectivity index (χ3n) is 4.81. The molecule has 5 rings (SSSR count). The molecule has 0 saturated carbocycles. The fourth-order valence-corrected chi connectivity index (χ4v) is 3.42. The molecule has 10 heteroatoms. The Morgan fingerprint density at radius 1 is 1.16 bits per heavy atom. The second kappa shape index (κ2) is 7.17. The molecule has 1 amide bonds. The lowest BCUT2D eigenvalue weighted by Crippen LogP contribution is -2.15. The van der Waals surface area contributed by atoms with Crippen LogP contribution in [0.4, 0.5) is 0 Å². The summed E-state index contributed by atoms with van der Waals surface area (Å²) < 4.78 is 17.5. The van der Waals surface area contributed by atoms with Crippen LogP contribution in [0, 0.1) is 0 Å². The number of fused-ring (bicyclic) bond motifs is 2. The Hall–Kier alpha value is -4.34. The van der Waals surface area contributed by atoms with Crippen LogP contribution in [0.2, 0.25) is 0 Å². The topological polar surface area (TPSA) is 134 Å². The van der Waals surface area contributed by atoms with Crippen molar-refractivity contribution in [1.29, 1.82) is 0 Å². The van der Waals surface area contributed by atoms with Crippen molar-refractivity contribution in [2.24, 2.45) is 5.73 Å². The molecule has 3 heterocycles. The summed E-state index contributed by atoms with van der Waals surface area (Å²) >= 11 is 0. The highest BCUT2D eigenvalue weighted by Crippen LogP contribution is 2.34. The maximum Gasteiger partial charge on any atom is 0.332 e. The number of H-pyrrole nitrogens is 1. The molecule has 1 aliphatic rings. The Morgan fingerprint density at radius 2 is 1.94 bits per heavy atom. The third-order valence-corrected chi connectivity index (χ3v) is 4.81. The van der Waals surface area contributed by atoms with Crippen LogP contribution < -0.4 is 25.6 Å². The molecule has 10 nitrogen and oxygen atoms in total. The monoisotopic (exact) mass is 419 g/mol. The SMILES string of the molecule is CCOc1ccc(-c2nc(C(N)=O)c3[nH]c(=O)n(-c4ccc5c(c4)OCO5)c3n2)cc1. The summed E-state index contributed by atoms with van der Waals surface area (Å²) in [5.74, 6) is 1.26. The van der Waals surface area contributed by atoms with Gasteiger partial charge in [-0.15, -0.1) is 0 Å². The largest absolute Gasteiger partial charge is 0.494 e. The zero-order valence-corrected chi connectivity index (χ0v) is 16.4. The number of nitrogens with one attached hydrogen (secondary N) is 1. The Labute approximate surface area is 175 Å². The smallest absolute Gasteiger partial charge is 0.332 e. The number of hydrogen-bond donors (Lipinski definition) is 2. The van der Waals surface area contributed by atoms with Gasteiger partial charge < -0.3 is 24.9 Å². The first-order valence-electron chi connectivity index (χ1n) is 9.51. The molecule has 0 unspecified atom stereocenters. The Balaban J connectivity index is 1.71. The molecule has 0 radical (unpaired) electrons. The summed E-state index contributed by atoms with van der Waals surface area (Å²) in [6.07, 6.45) is 0. The minimum Gasteiger partial charge on any atom is -0.494 e. The Bertz CT molecular complexity index is 1370. The number of primary amides is 1. The molecule has 0 fully saturated rings. The van der Waals surface area contributed by atoms with Gasteiger partial charge in [-0.1, -0.05) is 0 Å². The van der Waals surface area contributed by atoms with E-state index >= 15 is 0 Å². The van der Waals surface area contributed by atoms with E-state index in [2.05, 4.69) is 15.0 Å². The second-order valence-corrected chi connectivity index (χ2v) is 6.72. The Morgan fingerprint density at radius 3 is 2.68 bits per heavy atom. The highest BCUT2D eigenvalue weighted by atomic mass is 16.7. The number of ether oxygens (including phenoxy) is 3. The fourth-order valence-electron chi connectivity index (χ4n) is 3.42. The first kappa shape index (κ1) is 18.7. The number of aromatic nitrogens is 4. The van der Waals surface area contributed by atoms with Crippen molar-refractivity contribution in [1.82, 2.24) is 19.5 Å². The maximum absolute atomic E-state index is 12.8. The molecule has 0 spiro atoms. The lowest BCUT2D eigenvalue weighted by Gasteiger charge is -2.08. The lowest BCUT2D eigenvalue weighted by atomic mass is 10.2. The summed E-state index contributed by atoms with van der Waals surface area (Å²) in [6.45, 7) is 2.54. The third kappa shape index (κ3) is 3.14. The van der Waals surface area contributed by atoms with Gasteiger partial charge in [-0.2, -0.15) is 0 Å². The number of benzene rings is 2. The minimum absolute atomic E-state index is 0.0783. The molecule has 2 aromatic heterocycles. The number of carbonyl (C=O) groups is 1. The van der Waals surface area contributed by atoms with Crippen LogP contribution in [0.15, 0.2) is 47.3 Å². The van der Waals surface area contributed by atoms with E-state index in [4.69, 9.17) is 19.9 Å². The highest BCUT2D eigenvalue weighted by molar-refractivity contribution is 6.02. The summed E-state index contributed by atoms with van der Waals surface area (Å²) in [4.78, 5) is 36.4. The number of hydrogen-bond acceptors (Lipinski definition) is 7. The molecule has 0 atom stereocenters. The van der Waals surface area contributed by atoms with E-state index in [1.54, 1.807) is 42.5 Å². The van der Waals surface area contributed by atoms with Gasteiger partial charge in [0, 0.05) is 11.6 Å². The number of carbonyl (C=O) groups excluding carboxylic acids is 1. The van der Waals surface area contributed by atoms with Crippen molar-refractivity contribution in [2.75, 3.05) is 13.4 Å². The van der Waals surface area contributed by atoms with Crippen LogP contribution in [0.25, 0.3) is 28.2 Å². The van der Waals surface area contributed by atoms with Crippen LogP contribution in [-0.4, -0.2) is 38.8 Å². The van der Waals surface area contributed by atoms with Gasteiger partial charge in [0.1, 0.15) is 11.3 Å². The van der Waals surface area contributed by atoms with E-state index in [1.165, 1.54) is 4.57 Å². The molecule has 1 aliphatic heterocycles. The van der Waals surface area contributed by atoms with Crippen molar-refractivity contribution in [2.45, 2.75) is 6.92 Å². The van der Waals surface area contributed by atoms with Gasteiger partial charge in [0.2, 0.25) is 6.79 Å². The van der Waals surface area contributed by atoms with E-state index in [1.807, 2.05) is 6.92 Å². The number of imidazole rings is 1. The predicted octanol–water partition coefficient (Wildman–Crippen LogP) is 2.00. The molecule has 4 aromatic rings. The highest BCUT2D eigenvalue weighted by Gasteiger charge is 2.22. The minimum atomic E-state index is -0.779. The second-order valence-electron chi connectivity index (χ2n) is 6.72. The zero-order chi connectivity index (χ0) is 21.5. The molecule has 0 aliphatic carbocycles. The van der Waals surface area contributed by atoms with E-state index in [9.17, 15) is 9.59 Å². The number of amides is 1. The average Bonchev–Trinajstić information content (AvgIpc) is 3.36. The van der Waals surface area contributed by atoms with Crippen molar-refractivity contribution < 1.29 is 19.0 Å². The molecular weight excluding hydrogens is 402 g/mol. The van der Waals surface area contributed by atoms with Gasteiger partial charge in [0.05, 0.1) is 12.3 Å². The standard InChI is InChI=1S/C21H17N5O5/c1-2-29-13-6-3-11(4-7-13)19-23-16(18(22)27)17-20(25-19)26(21(28)24-17)12-5-8-14-15(9-12)31-10-30-14/h3-9H,2,10H2,1H3,(H2,22,27)(H,24,28). The number of rotatable bonds is 5. The van der Waals surface area contributed by atoms with Gasteiger partial charge in [-0.05, 0) is 43.3 Å².